The van der Waals surface area contributed by atoms with Gasteiger partial charge < -0.3 is 19.4 Å². The quantitative estimate of drug-likeness (QED) is 0.702. The molecule has 4 rings (SSSR count). The number of aromatic nitrogens is 1. The Morgan fingerprint density at radius 1 is 1.11 bits per heavy atom. The first-order valence-corrected chi connectivity index (χ1v) is 9.57. The van der Waals surface area contributed by atoms with Gasteiger partial charge in [-0.15, -0.1) is 0 Å². The van der Waals surface area contributed by atoms with Crippen LogP contribution >= 0.6 is 0 Å². The molecule has 2 heterocycles. The molecule has 2 aromatic carbocycles. The lowest BCUT2D eigenvalue weighted by atomic mass is 10.1. The van der Waals surface area contributed by atoms with Crippen molar-refractivity contribution in [3.63, 3.8) is 0 Å². The maximum absolute atomic E-state index is 12.9. The van der Waals surface area contributed by atoms with Gasteiger partial charge >= 0.3 is 0 Å². The minimum absolute atomic E-state index is 0.0523. The van der Waals surface area contributed by atoms with Crippen molar-refractivity contribution in [1.82, 2.24) is 9.88 Å². The molecule has 1 N–H and O–H groups in total. The Kier molecular flexibility index (Phi) is 4.82. The minimum atomic E-state index is -0.0523. The first-order chi connectivity index (χ1) is 13.6. The second kappa shape index (κ2) is 7.43. The number of benzene rings is 2. The summed E-state index contributed by atoms with van der Waals surface area (Å²) < 4.78 is 13.1. The molecule has 28 heavy (non-hydrogen) atoms. The van der Waals surface area contributed by atoms with Crippen LogP contribution in [0.3, 0.4) is 0 Å². The van der Waals surface area contributed by atoms with Crippen LogP contribution in [-0.2, 0) is 0 Å². The molecule has 1 aliphatic heterocycles. The van der Waals surface area contributed by atoms with Crippen LogP contribution in [0.5, 0.6) is 11.5 Å². The SMILES string of the molecule is CC[C@H](C)NC(=O)c1cc(-c2ccccc2)n(-c2ccc3c(c2)OCO3)c1C. The van der Waals surface area contributed by atoms with Crippen LogP contribution in [-0.4, -0.2) is 23.3 Å². The van der Waals surface area contributed by atoms with Gasteiger partial charge in [0, 0.05) is 23.5 Å². The Morgan fingerprint density at radius 3 is 2.61 bits per heavy atom. The first kappa shape index (κ1) is 18.2. The van der Waals surface area contributed by atoms with E-state index >= 15 is 0 Å². The predicted octanol–water partition coefficient (Wildman–Crippen LogP) is 4.71. The van der Waals surface area contributed by atoms with Gasteiger partial charge in [-0.2, -0.15) is 0 Å². The number of hydrogen-bond donors (Lipinski definition) is 1. The molecule has 1 atom stereocenters. The second-order valence-electron chi connectivity index (χ2n) is 7.05. The van der Waals surface area contributed by atoms with Crippen molar-refractivity contribution in [2.45, 2.75) is 33.2 Å². The van der Waals surface area contributed by atoms with Crippen molar-refractivity contribution < 1.29 is 14.3 Å². The third-order valence-electron chi connectivity index (χ3n) is 5.17. The molecule has 5 nitrogen and oxygen atoms in total. The van der Waals surface area contributed by atoms with Gasteiger partial charge in [-0.05, 0) is 44.0 Å². The van der Waals surface area contributed by atoms with E-state index in [4.69, 9.17) is 9.47 Å². The fourth-order valence-electron chi connectivity index (χ4n) is 3.42. The van der Waals surface area contributed by atoms with E-state index in [2.05, 4.69) is 28.9 Å². The van der Waals surface area contributed by atoms with Gasteiger partial charge in [-0.1, -0.05) is 37.3 Å². The molecule has 144 valence electrons. The molecule has 0 saturated heterocycles. The number of hydrogen-bond acceptors (Lipinski definition) is 3. The molecule has 5 heteroatoms. The van der Waals surface area contributed by atoms with Crippen molar-refractivity contribution in [2.75, 3.05) is 6.79 Å². The molecule has 0 aliphatic carbocycles. The molecule has 0 bridgehead atoms. The van der Waals surface area contributed by atoms with Crippen molar-refractivity contribution >= 4 is 5.91 Å². The summed E-state index contributed by atoms with van der Waals surface area (Å²) in [4.78, 5) is 12.9. The highest BCUT2D eigenvalue weighted by Gasteiger charge is 2.22. The Hall–Kier alpha value is -3.21. The van der Waals surface area contributed by atoms with Crippen molar-refractivity contribution in [1.29, 1.82) is 0 Å². The zero-order chi connectivity index (χ0) is 19.7. The molecule has 0 spiro atoms. The van der Waals surface area contributed by atoms with Crippen molar-refractivity contribution in [3.05, 3.63) is 65.9 Å². The summed E-state index contributed by atoms with van der Waals surface area (Å²) in [5.41, 5.74) is 4.51. The van der Waals surface area contributed by atoms with Crippen LogP contribution in [0.4, 0.5) is 0 Å². The summed E-state index contributed by atoms with van der Waals surface area (Å²) in [5.74, 6) is 1.41. The largest absolute Gasteiger partial charge is 0.454 e. The number of nitrogens with zero attached hydrogens (tertiary/aromatic N) is 1. The van der Waals surface area contributed by atoms with Crippen LogP contribution in [0.1, 0.15) is 36.3 Å². The van der Waals surface area contributed by atoms with Gasteiger partial charge in [-0.25, -0.2) is 0 Å². The molecule has 1 amide bonds. The number of ether oxygens (including phenoxy) is 2. The first-order valence-electron chi connectivity index (χ1n) is 9.57. The molecule has 0 unspecified atom stereocenters. The van der Waals surface area contributed by atoms with Crippen LogP contribution < -0.4 is 14.8 Å². The Labute approximate surface area is 164 Å². The lowest BCUT2D eigenvalue weighted by Gasteiger charge is -2.14. The standard InChI is InChI=1S/C23H24N2O3/c1-4-15(2)24-23(26)19-13-20(17-8-6-5-7-9-17)25(16(19)3)18-10-11-21-22(12-18)28-14-27-21/h5-13,15H,4,14H2,1-3H3,(H,24,26)/t15-/m0/s1. The third-order valence-corrected chi connectivity index (χ3v) is 5.17. The van der Waals surface area contributed by atoms with Crippen LogP contribution in [0, 0.1) is 6.92 Å². The highest BCUT2D eigenvalue weighted by Crippen LogP contribution is 2.36. The number of amides is 1. The number of rotatable bonds is 5. The Morgan fingerprint density at radius 2 is 1.86 bits per heavy atom. The highest BCUT2D eigenvalue weighted by atomic mass is 16.7. The number of fused-ring (bicyclic) bond motifs is 1. The zero-order valence-corrected chi connectivity index (χ0v) is 16.4. The molecule has 1 aromatic heterocycles. The second-order valence-corrected chi connectivity index (χ2v) is 7.05. The average Bonchev–Trinajstić information content (AvgIpc) is 3.32. The van der Waals surface area contributed by atoms with Crippen LogP contribution in [0.25, 0.3) is 16.9 Å². The minimum Gasteiger partial charge on any atom is -0.454 e. The number of carbonyl (C=O) groups excluding carboxylic acids is 1. The third kappa shape index (κ3) is 3.24. The monoisotopic (exact) mass is 376 g/mol. The van der Waals surface area contributed by atoms with E-state index in [1.54, 1.807) is 0 Å². The summed E-state index contributed by atoms with van der Waals surface area (Å²) in [6, 6.07) is 18.0. The smallest absolute Gasteiger partial charge is 0.253 e. The highest BCUT2D eigenvalue weighted by molar-refractivity contribution is 5.97. The molecular weight excluding hydrogens is 352 g/mol. The van der Waals surface area contributed by atoms with E-state index < -0.39 is 0 Å². The molecular formula is C23H24N2O3. The molecule has 0 saturated carbocycles. The van der Waals surface area contributed by atoms with Gasteiger partial charge in [0.15, 0.2) is 11.5 Å². The molecule has 3 aromatic rings. The van der Waals surface area contributed by atoms with Crippen LogP contribution in [0.2, 0.25) is 0 Å². The summed E-state index contributed by atoms with van der Waals surface area (Å²) in [6.07, 6.45) is 0.888. The van der Waals surface area contributed by atoms with Crippen molar-refractivity contribution in [2.24, 2.45) is 0 Å². The van der Waals surface area contributed by atoms with Gasteiger partial charge in [0.2, 0.25) is 6.79 Å². The van der Waals surface area contributed by atoms with E-state index in [0.717, 1.165) is 40.6 Å². The van der Waals surface area contributed by atoms with E-state index in [9.17, 15) is 4.79 Å². The van der Waals surface area contributed by atoms with E-state index in [1.165, 1.54) is 0 Å². The fraction of sp³-hybridized carbons (Fsp3) is 0.261. The number of nitrogens with one attached hydrogen (secondary N) is 1. The lowest BCUT2D eigenvalue weighted by molar-refractivity contribution is 0.0938. The number of carbonyl (C=O) groups is 1. The van der Waals surface area contributed by atoms with E-state index in [0.29, 0.717) is 5.56 Å². The predicted molar refractivity (Wildman–Crippen MR) is 109 cm³/mol. The van der Waals surface area contributed by atoms with Gasteiger partial charge in [0.05, 0.1) is 11.3 Å². The van der Waals surface area contributed by atoms with E-state index in [1.807, 2.05) is 56.3 Å². The fourth-order valence-corrected chi connectivity index (χ4v) is 3.42. The summed E-state index contributed by atoms with van der Waals surface area (Å²) in [7, 11) is 0. The Balaban J connectivity index is 1.85. The maximum Gasteiger partial charge on any atom is 0.253 e. The van der Waals surface area contributed by atoms with Gasteiger partial charge in [0.1, 0.15) is 0 Å². The molecule has 0 fully saturated rings. The summed E-state index contributed by atoms with van der Waals surface area (Å²) in [6.45, 7) is 6.28. The molecule has 0 radical (unpaired) electrons. The summed E-state index contributed by atoms with van der Waals surface area (Å²) in [5, 5.41) is 3.07. The average molecular weight is 376 g/mol. The zero-order valence-electron chi connectivity index (χ0n) is 16.4. The van der Waals surface area contributed by atoms with Crippen LogP contribution in [0.15, 0.2) is 54.6 Å². The summed E-state index contributed by atoms with van der Waals surface area (Å²) >= 11 is 0. The van der Waals surface area contributed by atoms with Gasteiger partial charge in [-0.3, -0.25) is 4.79 Å². The normalized spacial score (nSPS) is 13.4. The van der Waals surface area contributed by atoms with E-state index in [-0.39, 0.29) is 18.7 Å². The molecule has 1 aliphatic rings. The van der Waals surface area contributed by atoms with Gasteiger partial charge in [0.25, 0.3) is 5.91 Å². The maximum atomic E-state index is 12.9. The topological polar surface area (TPSA) is 52.5 Å². The lowest BCUT2D eigenvalue weighted by Crippen LogP contribution is -2.32. The Bertz CT molecular complexity index is 1010. The van der Waals surface area contributed by atoms with Crippen molar-refractivity contribution in [3.8, 4) is 28.4 Å².